The van der Waals surface area contributed by atoms with Crippen LogP contribution in [0.5, 0.6) is 0 Å². The first-order valence-electron chi connectivity index (χ1n) is 7.68. The van der Waals surface area contributed by atoms with Crippen molar-refractivity contribution >= 4 is 17.3 Å². The highest BCUT2D eigenvalue weighted by atomic mass is 19.1. The third kappa shape index (κ3) is 2.53. The monoisotopic (exact) mass is 349 g/mol. The number of aromatic nitrogens is 3. The van der Waals surface area contributed by atoms with Gasteiger partial charge in [-0.2, -0.15) is 0 Å². The number of benzene rings is 2. The smallest absolute Gasteiger partial charge is 0.269 e. The third-order valence-corrected chi connectivity index (χ3v) is 4.03. The molecule has 0 atom stereocenters. The largest absolute Gasteiger partial charge is 0.369 e. The van der Waals surface area contributed by atoms with Crippen LogP contribution in [0.2, 0.25) is 0 Å². The van der Waals surface area contributed by atoms with Gasteiger partial charge in [-0.3, -0.25) is 14.5 Å². The van der Waals surface area contributed by atoms with E-state index in [4.69, 9.17) is 5.73 Å². The Morgan fingerprint density at radius 1 is 1.00 bits per heavy atom. The van der Waals surface area contributed by atoms with Gasteiger partial charge in [0.15, 0.2) is 0 Å². The summed E-state index contributed by atoms with van der Waals surface area (Å²) in [7, 11) is 0. The normalized spacial score (nSPS) is 11.0. The van der Waals surface area contributed by atoms with Crippen LogP contribution in [0.3, 0.4) is 0 Å². The molecule has 0 bridgehead atoms. The number of nitrogens with zero attached hydrogens (tertiary/aromatic N) is 4. The van der Waals surface area contributed by atoms with Gasteiger partial charge >= 0.3 is 0 Å². The number of halogens is 1. The molecule has 2 N–H and O–H groups in total. The first-order valence-corrected chi connectivity index (χ1v) is 7.68. The quantitative estimate of drug-likeness (QED) is 0.449. The highest BCUT2D eigenvalue weighted by Gasteiger charge is 2.18. The Kier molecular flexibility index (Phi) is 3.58. The maximum Gasteiger partial charge on any atom is 0.269 e. The van der Waals surface area contributed by atoms with E-state index in [1.807, 2.05) is 0 Å². The summed E-state index contributed by atoms with van der Waals surface area (Å²) in [4.78, 5) is 19.1. The predicted octanol–water partition coefficient (Wildman–Crippen LogP) is 3.69. The first kappa shape index (κ1) is 15.7. The molecule has 2 aromatic carbocycles. The van der Waals surface area contributed by atoms with E-state index in [1.54, 1.807) is 40.9 Å². The lowest BCUT2D eigenvalue weighted by atomic mass is 10.0. The summed E-state index contributed by atoms with van der Waals surface area (Å²) in [5, 5.41) is 10.9. The van der Waals surface area contributed by atoms with E-state index >= 15 is 0 Å². The number of nitrogen functional groups attached to an aromatic ring is 1. The molecule has 2 aromatic heterocycles. The van der Waals surface area contributed by atoms with Gasteiger partial charge in [-0.1, -0.05) is 0 Å². The average Bonchev–Trinajstić information content (AvgIpc) is 3.03. The van der Waals surface area contributed by atoms with Crippen LogP contribution >= 0.6 is 0 Å². The summed E-state index contributed by atoms with van der Waals surface area (Å²) >= 11 is 0. The molecule has 7 nitrogen and oxygen atoms in total. The molecule has 4 rings (SSSR count). The lowest BCUT2D eigenvalue weighted by molar-refractivity contribution is -0.384. The second kappa shape index (κ2) is 5.92. The first-order chi connectivity index (χ1) is 12.5. The van der Waals surface area contributed by atoms with Crippen molar-refractivity contribution in [3.05, 3.63) is 76.7 Å². The zero-order chi connectivity index (χ0) is 18.3. The number of hydrogen-bond acceptors (Lipinski definition) is 5. The van der Waals surface area contributed by atoms with Crippen molar-refractivity contribution in [2.75, 3.05) is 5.73 Å². The topological polar surface area (TPSA) is 99.3 Å². The van der Waals surface area contributed by atoms with Gasteiger partial charge in [0.05, 0.1) is 16.3 Å². The molecule has 4 aromatic rings. The Labute approximate surface area is 146 Å². The Bertz CT molecular complexity index is 1120. The fraction of sp³-hybridized carbons (Fsp3) is 0. The van der Waals surface area contributed by atoms with Gasteiger partial charge in [0.25, 0.3) is 5.69 Å². The summed E-state index contributed by atoms with van der Waals surface area (Å²) in [6.45, 7) is 0. The van der Waals surface area contributed by atoms with E-state index < -0.39 is 4.92 Å². The van der Waals surface area contributed by atoms with Crippen molar-refractivity contribution in [1.82, 2.24) is 14.4 Å². The molecule has 0 saturated heterocycles. The van der Waals surface area contributed by atoms with Crippen LogP contribution in [0.15, 0.2) is 60.8 Å². The van der Waals surface area contributed by atoms with Crippen molar-refractivity contribution in [3.63, 3.8) is 0 Å². The van der Waals surface area contributed by atoms with Crippen molar-refractivity contribution < 1.29 is 9.31 Å². The van der Waals surface area contributed by atoms with Crippen molar-refractivity contribution in [2.24, 2.45) is 0 Å². The van der Waals surface area contributed by atoms with E-state index in [9.17, 15) is 14.5 Å². The molecule has 0 aliphatic rings. The molecule has 8 heteroatoms. The number of hydrogen-bond donors (Lipinski definition) is 1. The maximum atomic E-state index is 13.3. The van der Waals surface area contributed by atoms with Crippen LogP contribution in [0.4, 0.5) is 16.0 Å². The molecule has 128 valence electrons. The van der Waals surface area contributed by atoms with Gasteiger partial charge in [0.1, 0.15) is 11.5 Å². The highest BCUT2D eigenvalue weighted by Crippen LogP contribution is 2.34. The number of nitro groups is 1. The summed E-state index contributed by atoms with van der Waals surface area (Å²) in [6.07, 6.45) is 1.55. The molecule has 0 aliphatic carbocycles. The Hall–Kier alpha value is -3.81. The standard InChI is InChI=1S/C18H12FN5O2/c19-13-5-1-12(2-6-13)17-16(11-3-7-14(8-4-11)24(25)26)22-15-9-10-21-18(20)23(15)17/h1-10H,(H2,20,21). The zero-order valence-electron chi connectivity index (χ0n) is 13.3. The molecular formula is C18H12FN5O2. The van der Waals surface area contributed by atoms with Gasteiger partial charge in [-0.05, 0) is 42.5 Å². The molecule has 0 amide bonds. The Morgan fingerprint density at radius 2 is 1.65 bits per heavy atom. The molecule has 0 aliphatic heterocycles. The van der Waals surface area contributed by atoms with Crippen LogP contribution in [0, 0.1) is 15.9 Å². The van der Waals surface area contributed by atoms with Crippen LogP contribution in [0.1, 0.15) is 0 Å². The minimum Gasteiger partial charge on any atom is -0.369 e. The number of nitro benzene ring substituents is 1. The van der Waals surface area contributed by atoms with Crippen LogP contribution in [-0.4, -0.2) is 19.3 Å². The predicted molar refractivity (Wildman–Crippen MR) is 94.9 cm³/mol. The number of rotatable bonds is 3. The minimum absolute atomic E-state index is 0.0120. The molecule has 0 saturated carbocycles. The van der Waals surface area contributed by atoms with Crippen LogP contribution in [-0.2, 0) is 0 Å². The van der Waals surface area contributed by atoms with E-state index in [1.165, 1.54) is 24.3 Å². The fourth-order valence-corrected chi connectivity index (χ4v) is 2.84. The van der Waals surface area contributed by atoms with Crippen molar-refractivity contribution in [3.8, 4) is 22.5 Å². The number of non-ortho nitro benzene ring substituents is 1. The van der Waals surface area contributed by atoms with Crippen molar-refractivity contribution in [2.45, 2.75) is 0 Å². The fourth-order valence-electron chi connectivity index (χ4n) is 2.84. The van der Waals surface area contributed by atoms with Crippen molar-refractivity contribution in [1.29, 1.82) is 0 Å². The van der Waals surface area contributed by atoms with Crippen LogP contribution in [0.25, 0.3) is 28.2 Å². The second-order valence-corrected chi connectivity index (χ2v) is 5.62. The molecule has 0 unspecified atom stereocenters. The number of fused-ring (bicyclic) bond motifs is 1. The van der Waals surface area contributed by atoms with Gasteiger partial charge in [0, 0.05) is 29.5 Å². The molecule has 0 radical (unpaired) electrons. The third-order valence-electron chi connectivity index (χ3n) is 4.03. The van der Waals surface area contributed by atoms with E-state index in [0.717, 1.165) is 0 Å². The SMILES string of the molecule is Nc1nccc2nc(-c3ccc([N+](=O)[O-])cc3)c(-c3ccc(F)cc3)n12. The minimum atomic E-state index is -0.462. The molecular weight excluding hydrogens is 337 g/mol. The average molecular weight is 349 g/mol. The van der Waals surface area contributed by atoms with E-state index in [2.05, 4.69) is 9.97 Å². The number of nitrogens with two attached hydrogens (primary N) is 1. The van der Waals surface area contributed by atoms with Gasteiger partial charge in [-0.25, -0.2) is 14.4 Å². The van der Waals surface area contributed by atoms with Gasteiger partial charge < -0.3 is 5.73 Å². The molecule has 0 spiro atoms. The van der Waals surface area contributed by atoms with E-state index in [0.29, 0.717) is 28.2 Å². The zero-order valence-corrected chi connectivity index (χ0v) is 13.3. The Balaban J connectivity index is 1.99. The summed E-state index contributed by atoms with van der Waals surface area (Å²) in [5.41, 5.74) is 9.18. The highest BCUT2D eigenvalue weighted by molar-refractivity contribution is 5.83. The van der Waals surface area contributed by atoms with E-state index in [-0.39, 0.29) is 17.5 Å². The summed E-state index contributed by atoms with van der Waals surface area (Å²) < 4.78 is 15.0. The van der Waals surface area contributed by atoms with Gasteiger partial charge in [0.2, 0.25) is 5.95 Å². The molecule has 2 heterocycles. The Morgan fingerprint density at radius 3 is 2.31 bits per heavy atom. The lowest BCUT2D eigenvalue weighted by Gasteiger charge is -2.07. The summed E-state index contributed by atoms with van der Waals surface area (Å²) in [5.74, 6) is -0.118. The lowest BCUT2D eigenvalue weighted by Crippen LogP contribution is -2.01. The van der Waals surface area contributed by atoms with Gasteiger partial charge in [-0.15, -0.1) is 0 Å². The molecule has 26 heavy (non-hydrogen) atoms. The van der Waals surface area contributed by atoms with Crippen LogP contribution < -0.4 is 5.73 Å². The summed E-state index contributed by atoms with van der Waals surface area (Å²) in [6, 6.07) is 13.7. The maximum absolute atomic E-state index is 13.3. The molecule has 0 fully saturated rings. The number of anilines is 1. The second-order valence-electron chi connectivity index (χ2n) is 5.62. The number of imidazole rings is 1.